The first-order valence-corrected chi connectivity index (χ1v) is 9.46. The minimum absolute atomic E-state index is 0.0629. The van der Waals surface area contributed by atoms with E-state index in [9.17, 15) is 9.18 Å². The first kappa shape index (κ1) is 19.1. The van der Waals surface area contributed by atoms with Crippen molar-refractivity contribution in [2.75, 3.05) is 19.4 Å². The monoisotopic (exact) mass is 384 g/mol. The molecular weight excluding hydrogens is 363 g/mol. The lowest BCUT2D eigenvalue weighted by atomic mass is 10.2. The van der Waals surface area contributed by atoms with Gasteiger partial charge in [0.2, 0.25) is 5.91 Å². The van der Waals surface area contributed by atoms with Crippen LogP contribution in [0.3, 0.4) is 0 Å². The highest BCUT2D eigenvalue weighted by Crippen LogP contribution is 2.27. The predicted molar refractivity (Wildman–Crippen MR) is 107 cm³/mol. The van der Waals surface area contributed by atoms with E-state index in [2.05, 4.69) is 15.3 Å². The quantitative estimate of drug-likeness (QED) is 0.515. The first-order chi connectivity index (χ1) is 13.0. The van der Waals surface area contributed by atoms with Crippen molar-refractivity contribution in [3.8, 4) is 0 Å². The number of hydrogen-bond donors (Lipinski definition) is 1. The third-order valence-electron chi connectivity index (χ3n) is 4.13. The van der Waals surface area contributed by atoms with Gasteiger partial charge in [-0.15, -0.1) is 0 Å². The molecule has 1 atom stereocenters. The smallest absolute Gasteiger partial charge is 0.235 e. The molecule has 0 bridgehead atoms. The zero-order valence-electron chi connectivity index (χ0n) is 15.4. The van der Waals surface area contributed by atoms with Crippen LogP contribution < -0.4 is 5.32 Å². The van der Waals surface area contributed by atoms with Crippen LogP contribution >= 0.6 is 11.8 Å². The number of aromatic nitrogens is 2. The standard InChI is InChI=1S/C20H21FN4OS/c1-13(19(26)25(3)12-14-7-6-8-15(21)11-14)27-20-23-17-10-5-4-9-16(17)18(22-2)24-20/h4-11,13H,12H2,1-3H3,(H,22,23,24). The van der Waals surface area contributed by atoms with Crippen molar-refractivity contribution in [3.63, 3.8) is 0 Å². The van der Waals surface area contributed by atoms with E-state index in [4.69, 9.17) is 0 Å². The Morgan fingerprint density at radius 3 is 2.74 bits per heavy atom. The molecule has 2 aromatic carbocycles. The van der Waals surface area contributed by atoms with Crippen molar-refractivity contribution in [3.05, 3.63) is 59.9 Å². The first-order valence-electron chi connectivity index (χ1n) is 8.58. The number of hydrogen-bond acceptors (Lipinski definition) is 5. The Hall–Kier alpha value is -2.67. The Kier molecular flexibility index (Phi) is 5.91. The number of carbonyl (C=O) groups excluding carboxylic acids is 1. The van der Waals surface area contributed by atoms with Gasteiger partial charge in [0.1, 0.15) is 11.6 Å². The van der Waals surface area contributed by atoms with E-state index in [1.165, 1.54) is 23.9 Å². The summed E-state index contributed by atoms with van der Waals surface area (Å²) in [6.07, 6.45) is 0. The maximum Gasteiger partial charge on any atom is 0.235 e. The van der Waals surface area contributed by atoms with E-state index in [1.54, 1.807) is 24.1 Å². The maximum absolute atomic E-state index is 13.3. The number of rotatable bonds is 6. The summed E-state index contributed by atoms with van der Waals surface area (Å²) >= 11 is 1.31. The lowest BCUT2D eigenvalue weighted by Crippen LogP contribution is -2.32. The number of nitrogens with one attached hydrogen (secondary N) is 1. The maximum atomic E-state index is 13.3. The Labute approximate surface area is 162 Å². The van der Waals surface area contributed by atoms with E-state index >= 15 is 0 Å². The summed E-state index contributed by atoms with van der Waals surface area (Å²) in [5.41, 5.74) is 1.58. The van der Waals surface area contributed by atoms with Crippen LogP contribution in [0, 0.1) is 5.82 Å². The number of anilines is 1. The number of amides is 1. The number of benzene rings is 2. The third kappa shape index (κ3) is 4.54. The van der Waals surface area contributed by atoms with Gasteiger partial charge in [-0.3, -0.25) is 4.79 Å². The summed E-state index contributed by atoms with van der Waals surface area (Å²) in [5.74, 6) is 0.364. The van der Waals surface area contributed by atoms with Crippen LogP contribution in [0.25, 0.3) is 10.9 Å². The molecule has 27 heavy (non-hydrogen) atoms. The Morgan fingerprint density at radius 1 is 1.22 bits per heavy atom. The van der Waals surface area contributed by atoms with E-state index in [0.717, 1.165) is 22.3 Å². The molecule has 1 unspecified atom stereocenters. The molecule has 140 valence electrons. The van der Waals surface area contributed by atoms with Crippen LogP contribution in [0.5, 0.6) is 0 Å². The average Bonchev–Trinajstić information content (AvgIpc) is 2.66. The normalized spacial score (nSPS) is 12.0. The molecule has 0 spiro atoms. The molecule has 0 saturated carbocycles. The van der Waals surface area contributed by atoms with E-state index in [-0.39, 0.29) is 17.0 Å². The van der Waals surface area contributed by atoms with E-state index in [1.807, 2.05) is 38.2 Å². The van der Waals surface area contributed by atoms with Crippen molar-refractivity contribution < 1.29 is 9.18 Å². The summed E-state index contributed by atoms with van der Waals surface area (Å²) in [6.45, 7) is 2.18. The summed E-state index contributed by atoms with van der Waals surface area (Å²) in [7, 11) is 3.52. The van der Waals surface area contributed by atoms with Crippen LogP contribution in [0.2, 0.25) is 0 Å². The molecule has 0 saturated heterocycles. The topological polar surface area (TPSA) is 58.1 Å². The highest BCUT2D eigenvalue weighted by atomic mass is 32.2. The zero-order chi connectivity index (χ0) is 19.4. The predicted octanol–water partition coefficient (Wildman–Crippen LogP) is 3.95. The number of fused-ring (bicyclic) bond motifs is 1. The third-order valence-corrected chi connectivity index (χ3v) is 5.08. The number of carbonyl (C=O) groups is 1. The van der Waals surface area contributed by atoms with Crippen molar-refractivity contribution >= 4 is 34.4 Å². The fraction of sp³-hybridized carbons (Fsp3) is 0.250. The fourth-order valence-corrected chi connectivity index (χ4v) is 3.70. The molecule has 7 heteroatoms. The Balaban J connectivity index is 1.73. The van der Waals surface area contributed by atoms with Crippen molar-refractivity contribution in [2.24, 2.45) is 0 Å². The number of thioether (sulfide) groups is 1. The van der Waals surface area contributed by atoms with Crippen LogP contribution in [-0.2, 0) is 11.3 Å². The summed E-state index contributed by atoms with van der Waals surface area (Å²) in [4.78, 5) is 23.4. The molecule has 1 aromatic heterocycles. The van der Waals surface area contributed by atoms with Gasteiger partial charge in [0.25, 0.3) is 0 Å². The zero-order valence-corrected chi connectivity index (χ0v) is 16.3. The molecule has 1 amide bonds. The lowest BCUT2D eigenvalue weighted by molar-refractivity contribution is -0.129. The van der Waals surface area contributed by atoms with Crippen molar-refractivity contribution in [1.29, 1.82) is 0 Å². The molecule has 3 rings (SSSR count). The van der Waals surface area contributed by atoms with Crippen LogP contribution in [-0.4, -0.2) is 40.1 Å². The SMILES string of the molecule is CNc1nc(SC(C)C(=O)N(C)Cc2cccc(F)c2)nc2ccccc12. The summed E-state index contributed by atoms with van der Waals surface area (Å²) in [5, 5.41) is 4.19. The summed E-state index contributed by atoms with van der Waals surface area (Å²) < 4.78 is 13.3. The van der Waals surface area contributed by atoms with Crippen LogP contribution in [0.1, 0.15) is 12.5 Å². The molecule has 3 aromatic rings. The molecule has 0 aliphatic carbocycles. The van der Waals surface area contributed by atoms with E-state index in [0.29, 0.717) is 11.7 Å². The van der Waals surface area contributed by atoms with Crippen molar-refractivity contribution in [1.82, 2.24) is 14.9 Å². The van der Waals surface area contributed by atoms with Gasteiger partial charge in [0.05, 0.1) is 10.8 Å². The molecule has 0 fully saturated rings. The fourth-order valence-electron chi connectivity index (χ4n) is 2.80. The van der Waals surface area contributed by atoms with Gasteiger partial charge in [0, 0.05) is 26.0 Å². The number of halogens is 1. The minimum Gasteiger partial charge on any atom is -0.372 e. The largest absolute Gasteiger partial charge is 0.372 e. The highest BCUT2D eigenvalue weighted by molar-refractivity contribution is 8.00. The molecular formula is C20H21FN4OS. The Bertz CT molecular complexity index is 966. The van der Waals surface area contributed by atoms with Gasteiger partial charge < -0.3 is 10.2 Å². The molecule has 0 radical (unpaired) electrons. The summed E-state index contributed by atoms with van der Waals surface area (Å²) in [6, 6.07) is 14.0. The van der Waals surface area contributed by atoms with Gasteiger partial charge >= 0.3 is 0 Å². The van der Waals surface area contributed by atoms with Gasteiger partial charge in [-0.05, 0) is 36.8 Å². The second kappa shape index (κ2) is 8.35. The van der Waals surface area contributed by atoms with Gasteiger partial charge in [0.15, 0.2) is 5.16 Å². The lowest BCUT2D eigenvalue weighted by Gasteiger charge is -2.21. The molecule has 1 N–H and O–H groups in total. The van der Waals surface area contributed by atoms with Crippen molar-refractivity contribution in [2.45, 2.75) is 23.9 Å². The van der Waals surface area contributed by atoms with Crippen LogP contribution in [0.15, 0.2) is 53.7 Å². The average molecular weight is 384 g/mol. The number of para-hydroxylation sites is 1. The minimum atomic E-state index is -0.366. The second-order valence-electron chi connectivity index (χ2n) is 6.21. The molecule has 5 nitrogen and oxygen atoms in total. The van der Waals surface area contributed by atoms with Gasteiger partial charge in [-0.1, -0.05) is 36.0 Å². The van der Waals surface area contributed by atoms with Gasteiger partial charge in [-0.2, -0.15) is 0 Å². The Morgan fingerprint density at radius 2 is 2.00 bits per heavy atom. The molecule has 0 aliphatic rings. The highest BCUT2D eigenvalue weighted by Gasteiger charge is 2.21. The second-order valence-corrected chi connectivity index (χ2v) is 7.51. The van der Waals surface area contributed by atoms with Crippen LogP contribution in [0.4, 0.5) is 10.2 Å². The number of nitrogens with zero attached hydrogens (tertiary/aromatic N) is 3. The van der Waals surface area contributed by atoms with E-state index < -0.39 is 0 Å². The van der Waals surface area contributed by atoms with Gasteiger partial charge in [-0.25, -0.2) is 14.4 Å². The molecule has 0 aliphatic heterocycles. The molecule has 1 heterocycles.